The molecule has 1 aliphatic rings. The molecule has 0 saturated carbocycles. The molecule has 1 heterocycles. The Labute approximate surface area is 117 Å². The van der Waals surface area contributed by atoms with Crippen molar-refractivity contribution in [3.05, 3.63) is 30.3 Å². The fourth-order valence-electron chi connectivity index (χ4n) is 2.45. The summed E-state index contributed by atoms with van der Waals surface area (Å²) in [4.78, 5) is 0. The molecule has 1 unspecified atom stereocenters. The average Bonchev–Trinajstić information content (AvgIpc) is 2.44. The highest BCUT2D eigenvalue weighted by Gasteiger charge is 2.43. The number of benzene rings is 1. The van der Waals surface area contributed by atoms with Gasteiger partial charge in [0.05, 0.1) is 13.2 Å². The second kappa shape index (κ2) is 6.18. The second-order valence-electron chi connectivity index (χ2n) is 5.31. The molecule has 0 amide bonds. The molecular formula is C15H24O3Si. The third-order valence-electron chi connectivity index (χ3n) is 4.19. The van der Waals surface area contributed by atoms with Gasteiger partial charge in [-0.3, -0.25) is 0 Å². The monoisotopic (exact) mass is 280 g/mol. The first-order valence-corrected chi connectivity index (χ1v) is 9.05. The Morgan fingerprint density at radius 1 is 1.21 bits per heavy atom. The Bertz CT molecular complexity index is 380. The quantitative estimate of drug-likeness (QED) is 0.718. The van der Waals surface area contributed by atoms with Gasteiger partial charge in [0.1, 0.15) is 0 Å². The summed E-state index contributed by atoms with van der Waals surface area (Å²) in [6.07, 6.45) is 1.10. The zero-order valence-electron chi connectivity index (χ0n) is 12.1. The molecule has 0 aromatic heterocycles. The maximum atomic E-state index is 6.35. The molecule has 2 rings (SSSR count). The van der Waals surface area contributed by atoms with Gasteiger partial charge in [0.15, 0.2) is 0 Å². The van der Waals surface area contributed by atoms with E-state index in [4.69, 9.17) is 13.6 Å². The average molecular weight is 280 g/mol. The molecule has 0 N–H and O–H groups in total. The van der Waals surface area contributed by atoms with Crippen molar-refractivity contribution in [2.24, 2.45) is 5.41 Å². The molecule has 3 nitrogen and oxygen atoms in total. The van der Waals surface area contributed by atoms with E-state index in [2.05, 4.69) is 38.1 Å². The van der Waals surface area contributed by atoms with Crippen LogP contribution >= 0.6 is 0 Å². The van der Waals surface area contributed by atoms with Crippen LogP contribution in [0.3, 0.4) is 0 Å². The lowest BCUT2D eigenvalue weighted by molar-refractivity contribution is -0.137. The largest absolute Gasteiger partial charge is 0.394 e. The van der Waals surface area contributed by atoms with Gasteiger partial charge in [-0.15, -0.1) is 0 Å². The highest BCUT2D eigenvalue weighted by molar-refractivity contribution is 6.81. The highest BCUT2D eigenvalue weighted by Crippen LogP contribution is 2.32. The predicted octanol–water partition coefficient (Wildman–Crippen LogP) is 2.45. The first-order chi connectivity index (χ1) is 9.20. The number of rotatable bonds is 7. The summed E-state index contributed by atoms with van der Waals surface area (Å²) in [6.45, 7) is 6.73. The van der Waals surface area contributed by atoms with Crippen molar-refractivity contribution in [2.75, 3.05) is 26.9 Å². The van der Waals surface area contributed by atoms with Crippen LogP contribution in [0.5, 0.6) is 0 Å². The van der Waals surface area contributed by atoms with Crippen molar-refractivity contribution >= 4 is 13.7 Å². The van der Waals surface area contributed by atoms with E-state index in [9.17, 15) is 0 Å². The molecule has 0 aliphatic carbocycles. The molecule has 1 saturated heterocycles. The summed E-state index contributed by atoms with van der Waals surface area (Å²) < 4.78 is 17.6. The van der Waals surface area contributed by atoms with Crippen molar-refractivity contribution in [1.29, 1.82) is 0 Å². The van der Waals surface area contributed by atoms with Gasteiger partial charge in [-0.2, -0.15) is 0 Å². The van der Waals surface area contributed by atoms with Crippen LogP contribution in [-0.2, 0) is 13.6 Å². The Balaban J connectivity index is 2.11. The van der Waals surface area contributed by atoms with E-state index in [-0.39, 0.29) is 5.41 Å². The maximum Gasteiger partial charge on any atom is 0.372 e. The first kappa shape index (κ1) is 14.7. The summed E-state index contributed by atoms with van der Waals surface area (Å²) in [5.41, 5.74) is 0.209. The molecule has 1 fully saturated rings. The summed E-state index contributed by atoms with van der Waals surface area (Å²) in [7, 11) is -0.507. The first-order valence-electron chi connectivity index (χ1n) is 7.03. The van der Waals surface area contributed by atoms with E-state index in [0.717, 1.165) is 32.3 Å². The Kier molecular flexibility index (Phi) is 4.79. The molecule has 0 bridgehead atoms. The van der Waals surface area contributed by atoms with Crippen molar-refractivity contribution in [3.63, 3.8) is 0 Å². The normalized spacial score (nSPS) is 20.6. The van der Waals surface area contributed by atoms with Crippen LogP contribution < -0.4 is 5.19 Å². The zero-order chi connectivity index (χ0) is 13.8. The van der Waals surface area contributed by atoms with Crippen molar-refractivity contribution < 1.29 is 13.6 Å². The van der Waals surface area contributed by atoms with Gasteiger partial charge in [-0.1, -0.05) is 44.2 Å². The number of hydrogen-bond donors (Lipinski definition) is 0. The van der Waals surface area contributed by atoms with E-state index >= 15 is 0 Å². The van der Waals surface area contributed by atoms with Crippen molar-refractivity contribution in [1.82, 2.24) is 0 Å². The fraction of sp³-hybridized carbons (Fsp3) is 0.600. The molecule has 106 valence electrons. The van der Waals surface area contributed by atoms with Crippen LogP contribution in [0.25, 0.3) is 0 Å². The van der Waals surface area contributed by atoms with Gasteiger partial charge in [0.2, 0.25) is 0 Å². The minimum absolute atomic E-state index is 0.209. The Hall–Kier alpha value is -0.683. The van der Waals surface area contributed by atoms with Crippen LogP contribution in [0, 0.1) is 5.41 Å². The maximum absolute atomic E-state index is 6.35. The lowest BCUT2D eigenvalue weighted by atomic mass is 9.84. The zero-order valence-corrected chi connectivity index (χ0v) is 13.1. The highest BCUT2D eigenvalue weighted by atomic mass is 28.4. The van der Waals surface area contributed by atoms with Crippen LogP contribution in [0.4, 0.5) is 0 Å². The topological polar surface area (TPSA) is 27.7 Å². The van der Waals surface area contributed by atoms with E-state index in [1.54, 1.807) is 7.11 Å². The van der Waals surface area contributed by atoms with E-state index in [1.807, 2.05) is 6.07 Å². The third kappa shape index (κ3) is 2.92. The predicted molar refractivity (Wildman–Crippen MR) is 78.8 cm³/mol. The summed E-state index contributed by atoms with van der Waals surface area (Å²) in [5.74, 6) is 0. The summed E-state index contributed by atoms with van der Waals surface area (Å²) >= 11 is 0. The minimum atomic E-state index is -2.28. The van der Waals surface area contributed by atoms with Gasteiger partial charge >= 0.3 is 8.56 Å². The second-order valence-corrected chi connectivity index (χ2v) is 8.80. The molecule has 4 heteroatoms. The van der Waals surface area contributed by atoms with Crippen LogP contribution in [0.15, 0.2) is 30.3 Å². The molecule has 0 spiro atoms. The minimum Gasteiger partial charge on any atom is -0.394 e. The van der Waals surface area contributed by atoms with E-state index in [1.165, 1.54) is 5.19 Å². The molecular weight excluding hydrogens is 256 g/mol. The van der Waals surface area contributed by atoms with Gasteiger partial charge in [-0.05, 0) is 17.7 Å². The lowest BCUT2D eigenvalue weighted by Crippen LogP contribution is -2.56. The summed E-state index contributed by atoms with van der Waals surface area (Å²) in [6, 6.07) is 11.3. The van der Waals surface area contributed by atoms with Crippen LogP contribution in [0.2, 0.25) is 6.04 Å². The van der Waals surface area contributed by atoms with Gasteiger partial charge in [0, 0.05) is 19.1 Å². The molecule has 1 aromatic rings. The molecule has 1 aliphatic heterocycles. The SMILES string of the molecule is CCC1(CO[Si](CC)(OC)c2ccccc2)COC1. The molecule has 1 atom stereocenters. The Morgan fingerprint density at radius 3 is 2.32 bits per heavy atom. The third-order valence-corrected chi connectivity index (χ3v) is 7.60. The van der Waals surface area contributed by atoms with E-state index < -0.39 is 8.56 Å². The van der Waals surface area contributed by atoms with Gasteiger partial charge in [0.25, 0.3) is 0 Å². The van der Waals surface area contributed by atoms with Crippen molar-refractivity contribution in [2.45, 2.75) is 26.3 Å². The van der Waals surface area contributed by atoms with E-state index in [0.29, 0.717) is 0 Å². The van der Waals surface area contributed by atoms with Crippen LogP contribution in [0.1, 0.15) is 20.3 Å². The molecule has 0 radical (unpaired) electrons. The molecule has 19 heavy (non-hydrogen) atoms. The number of hydrogen-bond acceptors (Lipinski definition) is 3. The van der Waals surface area contributed by atoms with Gasteiger partial charge in [-0.25, -0.2) is 0 Å². The fourth-order valence-corrected chi connectivity index (χ4v) is 5.11. The Morgan fingerprint density at radius 2 is 1.89 bits per heavy atom. The van der Waals surface area contributed by atoms with Gasteiger partial charge < -0.3 is 13.6 Å². The molecule has 1 aromatic carbocycles. The standard InChI is InChI=1S/C15H24O3Si/c1-4-15(11-17-12-15)13-18-19(5-2,16-3)14-9-7-6-8-10-14/h6-10H,4-5,11-13H2,1-3H3. The summed E-state index contributed by atoms with van der Waals surface area (Å²) in [5, 5.41) is 1.21. The van der Waals surface area contributed by atoms with Crippen LogP contribution in [-0.4, -0.2) is 35.5 Å². The smallest absolute Gasteiger partial charge is 0.372 e. The van der Waals surface area contributed by atoms with Crippen molar-refractivity contribution in [3.8, 4) is 0 Å². The number of ether oxygens (including phenoxy) is 1. The lowest BCUT2D eigenvalue weighted by Gasteiger charge is -2.43.